The minimum Gasteiger partial charge on any atom is -0.346 e. The fourth-order valence-corrected chi connectivity index (χ4v) is 3.92. The molecule has 0 unspecified atom stereocenters. The molecule has 0 bridgehead atoms. The Morgan fingerprint density at radius 1 is 0.929 bits per heavy atom. The Labute approximate surface area is 163 Å². The van der Waals surface area contributed by atoms with Crippen molar-refractivity contribution in [3.05, 3.63) is 66.9 Å². The maximum atomic E-state index is 4.62. The van der Waals surface area contributed by atoms with Crippen LogP contribution in [0.5, 0.6) is 0 Å². The van der Waals surface area contributed by atoms with Gasteiger partial charge in [-0.25, -0.2) is 15.0 Å². The van der Waals surface area contributed by atoms with E-state index in [1.807, 2.05) is 43.7 Å². The number of nitrogens with one attached hydrogen (secondary N) is 1. The Balaban J connectivity index is 1.70. The fourth-order valence-electron chi connectivity index (χ4n) is 3.92. The number of benzene rings is 1. The fraction of sp³-hybridized carbons (Fsp3) is 0.174. The molecule has 1 aromatic carbocycles. The molecule has 138 valence electrons. The van der Waals surface area contributed by atoms with Crippen molar-refractivity contribution in [2.45, 2.75) is 26.8 Å². The number of aromatic amines is 1. The van der Waals surface area contributed by atoms with Gasteiger partial charge in [-0.15, -0.1) is 0 Å². The lowest BCUT2D eigenvalue weighted by Crippen LogP contribution is -2.02. The zero-order valence-corrected chi connectivity index (χ0v) is 16.1. The molecule has 0 aliphatic rings. The highest BCUT2D eigenvalue weighted by Gasteiger charge is 2.15. The van der Waals surface area contributed by atoms with E-state index in [0.717, 1.165) is 50.3 Å². The molecule has 0 aliphatic carbocycles. The molecule has 0 atom stereocenters. The predicted octanol–water partition coefficient (Wildman–Crippen LogP) is 5.53. The van der Waals surface area contributed by atoms with E-state index >= 15 is 0 Å². The van der Waals surface area contributed by atoms with Gasteiger partial charge in [0.05, 0.1) is 5.52 Å². The number of pyridine rings is 2. The van der Waals surface area contributed by atoms with Gasteiger partial charge >= 0.3 is 0 Å². The van der Waals surface area contributed by atoms with Crippen molar-refractivity contribution >= 4 is 22.2 Å². The largest absolute Gasteiger partial charge is 0.346 e. The number of aryl methyl sites for hydroxylation is 1. The van der Waals surface area contributed by atoms with Crippen LogP contribution >= 0.6 is 0 Å². The van der Waals surface area contributed by atoms with E-state index in [9.17, 15) is 0 Å². The average molecular weight is 367 g/mol. The molecule has 5 heteroatoms. The quantitative estimate of drug-likeness (QED) is 0.456. The van der Waals surface area contributed by atoms with E-state index in [-0.39, 0.29) is 0 Å². The molecule has 0 radical (unpaired) electrons. The van der Waals surface area contributed by atoms with Crippen molar-refractivity contribution in [1.29, 1.82) is 0 Å². The van der Waals surface area contributed by atoms with E-state index in [0.29, 0.717) is 6.04 Å². The van der Waals surface area contributed by atoms with Crippen LogP contribution in [0.4, 0.5) is 0 Å². The van der Waals surface area contributed by atoms with Gasteiger partial charge in [0, 0.05) is 46.7 Å². The van der Waals surface area contributed by atoms with Gasteiger partial charge in [-0.2, -0.15) is 0 Å². The van der Waals surface area contributed by atoms with Crippen LogP contribution in [0.3, 0.4) is 0 Å². The molecule has 0 saturated heterocycles. The summed E-state index contributed by atoms with van der Waals surface area (Å²) in [5.41, 5.74) is 7.15. The smallest absolute Gasteiger partial charge is 0.177 e. The topological polar surface area (TPSA) is 59.4 Å². The van der Waals surface area contributed by atoms with Crippen LogP contribution in [0.1, 0.15) is 25.7 Å². The van der Waals surface area contributed by atoms with Crippen molar-refractivity contribution in [3.63, 3.8) is 0 Å². The van der Waals surface area contributed by atoms with Crippen molar-refractivity contribution in [3.8, 4) is 22.3 Å². The Bertz CT molecular complexity index is 1300. The molecular formula is C23H21N5. The van der Waals surface area contributed by atoms with Crippen LogP contribution in [-0.2, 0) is 0 Å². The highest BCUT2D eigenvalue weighted by molar-refractivity contribution is 5.97. The minimum absolute atomic E-state index is 0.330. The van der Waals surface area contributed by atoms with Crippen LogP contribution in [0.15, 0.2) is 61.1 Å². The molecule has 0 spiro atoms. The molecule has 28 heavy (non-hydrogen) atoms. The average Bonchev–Trinajstić information content (AvgIpc) is 3.27. The maximum absolute atomic E-state index is 4.62. The van der Waals surface area contributed by atoms with Crippen LogP contribution < -0.4 is 0 Å². The third-order valence-electron chi connectivity index (χ3n) is 5.19. The van der Waals surface area contributed by atoms with Crippen molar-refractivity contribution < 1.29 is 0 Å². The second-order valence-electron chi connectivity index (χ2n) is 7.38. The van der Waals surface area contributed by atoms with Crippen LogP contribution in [-0.4, -0.2) is 24.5 Å². The van der Waals surface area contributed by atoms with Gasteiger partial charge in [0.2, 0.25) is 0 Å². The van der Waals surface area contributed by atoms with Gasteiger partial charge in [0.15, 0.2) is 5.65 Å². The summed E-state index contributed by atoms with van der Waals surface area (Å²) < 4.78 is 2.23. The zero-order valence-electron chi connectivity index (χ0n) is 16.1. The first-order valence-corrected chi connectivity index (χ1v) is 9.49. The minimum atomic E-state index is 0.330. The first kappa shape index (κ1) is 16.7. The molecule has 5 aromatic rings. The second kappa shape index (κ2) is 6.30. The summed E-state index contributed by atoms with van der Waals surface area (Å²) in [6.07, 6.45) is 5.83. The number of hydrogen-bond acceptors (Lipinski definition) is 3. The lowest BCUT2D eigenvalue weighted by atomic mass is 10.0. The first-order chi connectivity index (χ1) is 13.6. The molecule has 4 aromatic heterocycles. The number of H-pyrrole nitrogens is 1. The Morgan fingerprint density at radius 3 is 2.50 bits per heavy atom. The highest BCUT2D eigenvalue weighted by Crippen LogP contribution is 2.32. The van der Waals surface area contributed by atoms with E-state index in [2.05, 4.69) is 62.6 Å². The van der Waals surface area contributed by atoms with Gasteiger partial charge in [-0.3, -0.25) is 0 Å². The third-order valence-corrected chi connectivity index (χ3v) is 5.19. The molecule has 5 rings (SSSR count). The molecule has 5 nitrogen and oxygen atoms in total. The van der Waals surface area contributed by atoms with E-state index in [1.165, 1.54) is 0 Å². The molecule has 0 fully saturated rings. The van der Waals surface area contributed by atoms with Crippen molar-refractivity contribution in [2.75, 3.05) is 0 Å². The van der Waals surface area contributed by atoms with Gasteiger partial charge in [-0.1, -0.05) is 30.3 Å². The Kier molecular flexibility index (Phi) is 3.76. The van der Waals surface area contributed by atoms with E-state index in [4.69, 9.17) is 0 Å². The SMILES string of the molecule is Cc1nc2ncc(-c3c[nH]c4ncc(-c5ccccc5)cc34)cc2n1C(C)C. The predicted molar refractivity (Wildman–Crippen MR) is 113 cm³/mol. The summed E-state index contributed by atoms with van der Waals surface area (Å²) in [7, 11) is 0. The monoisotopic (exact) mass is 367 g/mol. The summed E-state index contributed by atoms with van der Waals surface area (Å²) in [6, 6.07) is 15.0. The second-order valence-corrected chi connectivity index (χ2v) is 7.38. The molecule has 0 aliphatic heterocycles. The van der Waals surface area contributed by atoms with Gasteiger partial charge in [0.25, 0.3) is 0 Å². The molecule has 0 saturated carbocycles. The molecule has 0 amide bonds. The summed E-state index contributed by atoms with van der Waals surface area (Å²) >= 11 is 0. The van der Waals surface area contributed by atoms with Gasteiger partial charge < -0.3 is 9.55 Å². The number of nitrogens with zero attached hydrogens (tertiary/aromatic N) is 4. The van der Waals surface area contributed by atoms with Gasteiger partial charge in [0.1, 0.15) is 11.5 Å². The number of rotatable bonds is 3. The number of fused-ring (bicyclic) bond motifs is 2. The van der Waals surface area contributed by atoms with Crippen LogP contribution in [0.2, 0.25) is 0 Å². The van der Waals surface area contributed by atoms with E-state index < -0.39 is 0 Å². The zero-order chi connectivity index (χ0) is 19.3. The van der Waals surface area contributed by atoms with Crippen LogP contribution in [0.25, 0.3) is 44.5 Å². The maximum Gasteiger partial charge on any atom is 0.177 e. The standard InChI is InChI=1S/C23H21N5/c1-14(2)28-15(3)27-23-21(28)10-18(12-25-23)20-13-26-22-19(20)9-17(11-24-22)16-7-5-4-6-8-16/h4-14H,1-3H3,(H,24,26). The van der Waals surface area contributed by atoms with Crippen molar-refractivity contribution in [2.24, 2.45) is 0 Å². The van der Waals surface area contributed by atoms with E-state index in [1.54, 1.807) is 0 Å². The van der Waals surface area contributed by atoms with Gasteiger partial charge in [-0.05, 0) is 38.5 Å². The summed E-state index contributed by atoms with van der Waals surface area (Å²) in [5, 5.41) is 1.09. The number of hydrogen-bond donors (Lipinski definition) is 1. The summed E-state index contributed by atoms with van der Waals surface area (Å²) in [4.78, 5) is 17.1. The van der Waals surface area contributed by atoms with Crippen molar-refractivity contribution in [1.82, 2.24) is 24.5 Å². The Hall–Kier alpha value is -3.47. The number of aromatic nitrogens is 5. The lowest BCUT2D eigenvalue weighted by Gasteiger charge is -2.11. The number of imidazole rings is 1. The highest BCUT2D eigenvalue weighted by atomic mass is 15.1. The molecule has 4 heterocycles. The first-order valence-electron chi connectivity index (χ1n) is 9.49. The summed E-state index contributed by atoms with van der Waals surface area (Å²) in [6.45, 7) is 6.37. The third kappa shape index (κ3) is 2.59. The molecule has 1 N–H and O–H groups in total. The van der Waals surface area contributed by atoms with Crippen LogP contribution in [0, 0.1) is 6.92 Å². The normalized spacial score (nSPS) is 11.7. The Morgan fingerprint density at radius 2 is 1.71 bits per heavy atom. The lowest BCUT2D eigenvalue weighted by molar-refractivity contribution is 0.600. The molecular weight excluding hydrogens is 346 g/mol. The summed E-state index contributed by atoms with van der Waals surface area (Å²) in [5.74, 6) is 0.988.